The highest BCUT2D eigenvalue weighted by Gasteiger charge is 2.42. The van der Waals surface area contributed by atoms with Gasteiger partial charge in [0.2, 0.25) is 5.84 Å². The van der Waals surface area contributed by atoms with Gasteiger partial charge in [-0.25, -0.2) is 4.79 Å². The molecular weight excluding hydrogens is 196 g/mol. The van der Waals surface area contributed by atoms with Crippen molar-refractivity contribution in [2.24, 2.45) is 11.5 Å². The third-order valence-electron chi connectivity index (χ3n) is 2.25. The Morgan fingerprint density at radius 1 is 1.60 bits per heavy atom. The number of carbonyl (C=O) groups excluding carboxylic acids is 2. The number of rotatable bonds is 3. The van der Waals surface area contributed by atoms with Gasteiger partial charge in [0, 0.05) is 0 Å². The van der Waals surface area contributed by atoms with Crippen molar-refractivity contribution in [3.8, 4) is 0 Å². The number of nitrogens with two attached hydrogens (primary N) is 2. The molecule has 0 radical (unpaired) electrons. The summed E-state index contributed by atoms with van der Waals surface area (Å²) in [5, 5.41) is 0. The zero-order valence-electron chi connectivity index (χ0n) is 8.64. The molecule has 0 saturated carbocycles. The van der Waals surface area contributed by atoms with Crippen LogP contribution in [0.3, 0.4) is 0 Å². The lowest BCUT2D eigenvalue weighted by atomic mass is 10.2. The van der Waals surface area contributed by atoms with Crippen LogP contribution in [0.1, 0.15) is 6.92 Å². The summed E-state index contributed by atoms with van der Waals surface area (Å²) in [6.07, 6.45) is 1.53. The van der Waals surface area contributed by atoms with E-state index in [0.717, 1.165) is 4.90 Å². The van der Waals surface area contributed by atoms with Gasteiger partial charge in [-0.2, -0.15) is 9.48 Å². The van der Waals surface area contributed by atoms with Crippen LogP contribution in [0, 0.1) is 0 Å². The summed E-state index contributed by atoms with van der Waals surface area (Å²) in [5.41, 5.74) is 11.2. The maximum atomic E-state index is 11.7. The summed E-state index contributed by atoms with van der Waals surface area (Å²) in [5.74, 6) is -0.380. The largest absolute Gasteiger partial charge is 0.446 e. The van der Waals surface area contributed by atoms with Gasteiger partial charge in [-0.1, -0.05) is 12.7 Å². The molecule has 6 nitrogen and oxygen atoms in total. The number of hydrogen-bond donors (Lipinski definition) is 2. The molecule has 0 bridgehead atoms. The van der Waals surface area contributed by atoms with Gasteiger partial charge in [-0.3, -0.25) is 4.79 Å². The summed E-state index contributed by atoms with van der Waals surface area (Å²) in [6.45, 7) is 5.75. The molecule has 1 rings (SSSR count). The lowest BCUT2D eigenvalue weighted by molar-refractivity contribution is -0.429. The summed E-state index contributed by atoms with van der Waals surface area (Å²) >= 11 is 0. The van der Waals surface area contributed by atoms with Gasteiger partial charge >= 0.3 is 11.9 Å². The van der Waals surface area contributed by atoms with Crippen molar-refractivity contribution in [3.05, 3.63) is 12.7 Å². The molecule has 4 N–H and O–H groups in total. The Morgan fingerprint density at radius 3 is 2.67 bits per heavy atom. The maximum absolute atomic E-state index is 11.7. The molecule has 0 aromatic heterocycles. The van der Waals surface area contributed by atoms with E-state index in [1.807, 2.05) is 0 Å². The summed E-state index contributed by atoms with van der Waals surface area (Å²) in [7, 11) is 0. The Balaban J connectivity index is 3.17. The number of nitrogens with zero attached hydrogens (tertiary/aromatic N) is 2. The highest BCUT2D eigenvalue weighted by atomic mass is 16.2. The van der Waals surface area contributed by atoms with Crippen LogP contribution in [-0.2, 0) is 4.79 Å². The summed E-state index contributed by atoms with van der Waals surface area (Å²) in [4.78, 5) is 24.4. The van der Waals surface area contributed by atoms with Gasteiger partial charge in [-0.05, 0) is 6.92 Å². The SMILES string of the molecule is C=CC[N+]1=C(N)C(N)C(=O)N(CC)C1=O. The number of carbonyl (C=O) groups is 2. The van der Waals surface area contributed by atoms with E-state index in [0.29, 0.717) is 0 Å². The monoisotopic (exact) mass is 211 g/mol. The number of likely N-dealkylation sites (N-methyl/N-ethyl adjacent to an activating group) is 1. The molecule has 3 amide bonds. The van der Waals surface area contributed by atoms with E-state index in [9.17, 15) is 9.59 Å². The van der Waals surface area contributed by atoms with Gasteiger partial charge in [0.25, 0.3) is 0 Å². The predicted molar refractivity (Wildman–Crippen MR) is 55.3 cm³/mol. The van der Waals surface area contributed by atoms with Gasteiger partial charge in [-0.15, -0.1) is 0 Å². The molecule has 15 heavy (non-hydrogen) atoms. The van der Waals surface area contributed by atoms with E-state index in [-0.39, 0.29) is 18.9 Å². The fourth-order valence-corrected chi connectivity index (χ4v) is 1.42. The number of amidine groups is 1. The minimum atomic E-state index is -0.942. The quantitative estimate of drug-likeness (QED) is 0.455. The third kappa shape index (κ3) is 1.75. The zero-order valence-corrected chi connectivity index (χ0v) is 8.64. The van der Waals surface area contributed by atoms with E-state index in [1.165, 1.54) is 10.7 Å². The second-order valence-electron chi connectivity index (χ2n) is 3.17. The molecular formula is C9H15N4O2+. The van der Waals surface area contributed by atoms with Crippen molar-refractivity contribution in [1.82, 2.24) is 4.90 Å². The molecule has 6 heteroatoms. The van der Waals surface area contributed by atoms with Crippen molar-refractivity contribution < 1.29 is 14.2 Å². The minimum Gasteiger partial charge on any atom is -0.320 e. The highest BCUT2D eigenvalue weighted by Crippen LogP contribution is 2.04. The van der Waals surface area contributed by atoms with E-state index < -0.39 is 18.0 Å². The maximum Gasteiger partial charge on any atom is 0.446 e. The minimum absolute atomic E-state index is 0.0783. The van der Waals surface area contributed by atoms with Crippen LogP contribution >= 0.6 is 0 Å². The van der Waals surface area contributed by atoms with Gasteiger partial charge in [0.1, 0.15) is 0 Å². The topological polar surface area (TPSA) is 92.4 Å². The Bertz CT molecular complexity index is 348. The van der Waals surface area contributed by atoms with E-state index >= 15 is 0 Å². The zero-order chi connectivity index (χ0) is 11.6. The first-order valence-corrected chi connectivity index (χ1v) is 4.66. The molecule has 1 atom stereocenters. The Kier molecular flexibility index (Phi) is 3.21. The molecule has 0 fully saturated rings. The first kappa shape index (κ1) is 11.4. The van der Waals surface area contributed by atoms with Crippen molar-refractivity contribution in [2.45, 2.75) is 13.0 Å². The lowest BCUT2D eigenvalue weighted by Gasteiger charge is -2.24. The first-order valence-electron chi connectivity index (χ1n) is 4.66. The summed E-state index contributed by atoms with van der Waals surface area (Å²) < 4.78 is 1.25. The average molecular weight is 211 g/mol. The highest BCUT2D eigenvalue weighted by molar-refractivity contribution is 6.12. The molecule has 1 unspecified atom stereocenters. The first-order chi connectivity index (χ1) is 7.04. The number of urea groups is 1. The van der Waals surface area contributed by atoms with E-state index in [2.05, 4.69) is 6.58 Å². The van der Waals surface area contributed by atoms with Crippen LogP contribution in [0.25, 0.3) is 0 Å². The smallest absolute Gasteiger partial charge is 0.320 e. The van der Waals surface area contributed by atoms with Crippen LogP contribution in [-0.4, -0.2) is 46.4 Å². The predicted octanol–water partition coefficient (Wildman–Crippen LogP) is -1.15. The normalized spacial score (nSPS) is 22.3. The van der Waals surface area contributed by atoms with Gasteiger partial charge in [0.05, 0.1) is 13.1 Å². The van der Waals surface area contributed by atoms with Gasteiger partial charge in [0.15, 0.2) is 6.04 Å². The third-order valence-corrected chi connectivity index (χ3v) is 2.25. The molecule has 0 saturated heterocycles. The summed E-state index contributed by atoms with van der Waals surface area (Å²) in [6, 6.07) is -1.39. The molecule has 1 heterocycles. The second-order valence-corrected chi connectivity index (χ2v) is 3.17. The Labute approximate surface area is 87.8 Å². The molecule has 82 valence electrons. The van der Waals surface area contributed by atoms with Crippen LogP contribution in [0.5, 0.6) is 0 Å². The number of amides is 3. The van der Waals surface area contributed by atoms with Crippen LogP contribution in [0.2, 0.25) is 0 Å². The number of imide groups is 1. The fourth-order valence-electron chi connectivity index (χ4n) is 1.42. The van der Waals surface area contributed by atoms with Crippen LogP contribution in [0.4, 0.5) is 4.79 Å². The average Bonchev–Trinajstić information content (AvgIpc) is 2.22. The Hall–Kier alpha value is -1.69. The second kappa shape index (κ2) is 4.22. The van der Waals surface area contributed by atoms with Crippen molar-refractivity contribution >= 4 is 17.8 Å². The fraction of sp³-hybridized carbons (Fsp3) is 0.444. The molecule has 0 aliphatic carbocycles. The van der Waals surface area contributed by atoms with Crippen molar-refractivity contribution in [1.29, 1.82) is 0 Å². The Morgan fingerprint density at radius 2 is 2.20 bits per heavy atom. The van der Waals surface area contributed by atoms with Crippen LogP contribution in [0.15, 0.2) is 12.7 Å². The standard InChI is InChI=1S/C9H14N4O2/c1-3-5-13-7(11)6(10)8(14)12(4-2)9(13)15/h3,6,11H,1,4-5,10H2,2H3/p+1. The molecule has 1 aliphatic heterocycles. The van der Waals surface area contributed by atoms with Crippen molar-refractivity contribution in [2.75, 3.05) is 13.1 Å². The van der Waals surface area contributed by atoms with E-state index in [1.54, 1.807) is 6.92 Å². The molecule has 0 aromatic carbocycles. The number of hydrogen-bond acceptors (Lipinski definition) is 4. The van der Waals surface area contributed by atoms with Gasteiger partial charge < -0.3 is 11.5 Å². The lowest BCUT2D eigenvalue weighted by Crippen LogP contribution is -2.62. The van der Waals surface area contributed by atoms with Crippen LogP contribution < -0.4 is 11.5 Å². The van der Waals surface area contributed by atoms with E-state index in [4.69, 9.17) is 11.5 Å². The molecule has 0 aromatic rings. The molecule has 1 aliphatic rings. The molecule has 0 spiro atoms. The van der Waals surface area contributed by atoms with Crippen molar-refractivity contribution in [3.63, 3.8) is 0 Å².